The molecule has 1 aliphatic rings. The summed E-state index contributed by atoms with van der Waals surface area (Å²) in [5.74, 6) is 0. The molecule has 0 aliphatic carbocycles. The lowest BCUT2D eigenvalue weighted by Crippen LogP contribution is -2.35. The van der Waals surface area contributed by atoms with Crippen LogP contribution in [0.4, 0.5) is 0 Å². The van der Waals surface area contributed by atoms with E-state index in [1.165, 1.54) is 6.33 Å². The van der Waals surface area contributed by atoms with Crippen molar-refractivity contribution >= 4 is 39.1 Å². The fourth-order valence-corrected chi connectivity index (χ4v) is 3.27. The van der Waals surface area contributed by atoms with E-state index in [9.17, 15) is 0 Å². The summed E-state index contributed by atoms with van der Waals surface area (Å²) < 4.78 is 13.5. The molecule has 1 aromatic heterocycles. The predicted octanol–water partition coefficient (Wildman–Crippen LogP) is 3.25. The molecule has 2 heterocycles. The van der Waals surface area contributed by atoms with Crippen LogP contribution in [0.2, 0.25) is 10.0 Å². The van der Waals surface area contributed by atoms with Gasteiger partial charge >= 0.3 is 0 Å². The second kappa shape index (κ2) is 6.22. The maximum Gasteiger partial charge on any atom is 0.168 e. The molecule has 1 aromatic carbocycles. The third kappa shape index (κ3) is 3.10. The lowest BCUT2D eigenvalue weighted by molar-refractivity contribution is -0.0830. The Labute approximate surface area is 140 Å². The van der Waals surface area contributed by atoms with Gasteiger partial charge in [0.2, 0.25) is 0 Å². The van der Waals surface area contributed by atoms with Gasteiger partial charge in [-0.15, -0.1) is 0 Å². The van der Waals surface area contributed by atoms with Crippen LogP contribution in [0.15, 0.2) is 30.9 Å². The van der Waals surface area contributed by atoms with Crippen molar-refractivity contribution in [3.63, 3.8) is 0 Å². The Balaban J connectivity index is 1.99. The number of alkyl halides is 1. The minimum atomic E-state index is -0.714. The summed E-state index contributed by atoms with van der Waals surface area (Å²) in [6.45, 7) is 0.836. The van der Waals surface area contributed by atoms with E-state index < -0.39 is 5.60 Å². The van der Waals surface area contributed by atoms with Gasteiger partial charge in [-0.2, -0.15) is 5.10 Å². The second-order valence-electron chi connectivity index (χ2n) is 4.72. The van der Waals surface area contributed by atoms with Crippen molar-refractivity contribution < 1.29 is 9.47 Å². The van der Waals surface area contributed by atoms with Crippen molar-refractivity contribution in [2.45, 2.75) is 18.4 Å². The normalized spacial score (nSPS) is 25.4. The molecule has 0 bridgehead atoms. The van der Waals surface area contributed by atoms with E-state index in [1.54, 1.807) is 23.1 Å². The Morgan fingerprint density at radius 1 is 1.43 bits per heavy atom. The molecule has 1 aliphatic heterocycles. The topological polar surface area (TPSA) is 49.2 Å². The highest BCUT2D eigenvalue weighted by Gasteiger charge is 2.44. The van der Waals surface area contributed by atoms with Gasteiger partial charge in [-0.05, 0) is 12.1 Å². The molecule has 2 atom stereocenters. The highest BCUT2D eigenvalue weighted by atomic mass is 79.9. The van der Waals surface area contributed by atoms with Gasteiger partial charge in [0.1, 0.15) is 18.3 Å². The first kappa shape index (κ1) is 15.2. The Hall–Kier alpha value is -0.660. The zero-order valence-corrected chi connectivity index (χ0v) is 14.0. The SMILES string of the molecule is Clc1ccc(C2(Cn3cncn3)COC(CBr)O2)c(Cl)c1. The van der Waals surface area contributed by atoms with Crippen molar-refractivity contribution in [3.05, 3.63) is 46.5 Å². The van der Waals surface area contributed by atoms with Crippen LogP contribution in [0.5, 0.6) is 0 Å². The summed E-state index contributed by atoms with van der Waals surface area (Å²) in [5, 5.41) is 5.84. The smallest absolute Gasteiger partial charge is 0.168 e. The fraction of sp³-hybridized carbons (Fsp3) is 0.385. The molecule has 2 aromatic rings. The first-order valence-electron chi connectivity index (χ1n) is 6.26. The van der Waals surface area contributed by atoms with Crippen LogP contribution in [-0.2, 0) is 21.6 Å². The predicted molar refractivity (Wildman–Crippen MR) is 82.8 cm³/mol. The first-order chi connectivity index (χ1) is 10.1. The van der Waals surface area contributed by atoms with Gasteiger partial charge in [-0.3, -0.25) is 0 Å². The molecule has 1 fully saturated rings. The van der Waals surface area contributed by atoms with Gasteiger partial charge in [0.05, 0.1) is 18.5 Å². The van der Waals surface area contributed by atoms with E-state index in [0.29, 0.717) is 28.5 Å². The Morgan fingerprint density at radius 2 is 2.29 bits per heavy atom. The monoisotopic (exact) mass is 391 g/mol. The molecule has 0 amide bonds. The van der Waals surface area contributed by atoms with Crippen molar-refractivity contribution in [2.75, 3.05) is 11.9 Å². The van der Waals surface area contributed by atoms with E-state index in [0.717, 1.165) is 5.56 Å². The zero-order chi connectivity index (χ0) is 14.9. The number of benzene rings is 1. The van der Waals surface area contributed by atoms with Crippen molar-refractivity contribution in [3.8, 4) is 0 Å². The molecule has 21 heavy (non-hydrogen) atoms. The Morgan fingerprint density at radius 3 is 2.90 bits per heavy atom. The lowest BCUT2D eigenvalue weighted by atomic mass is 9.94. The summed E-state index contributed by atoms with van der Waals surface area (Å²) in [7, 11) is 0. The standard InChI is InChI=1S/C13H12BrCl2N3O2/c14-4-12-20-6-13(21-12,5-19-8-17-7-18-19)10-2-1-9(15)3-11(10)16/h1-3,7-8,12H,4-6H2. The number of rotatable bonds is 4. The molecule has 1 saturated heterocycles. The summed E-state index contributed by atoms with van der Waals surface area (Å²) in [5.41, 5.74) is 0.112. The molecule has 8 heteroatoms. The van der Waals surface area contributed by atoms with E-state index in [2.05, 4.69) is 26.0 Å². The summed E-state index contributed by atoms with van der Waals surface area (Å²) in [6.07, 6.45) is 2.78. The average molecular weight is 393 g/mol. The van der Waals surface area contributed by atoms with Crippen LogP contribution < -0.4 is 0 Å². The summed E-state index contributed by atoms with van der Waals surface area (Å²) in [4.78, 5) is 3.96. The van der Waals surface area contributed by atoms with Crippen LogP contribution >= 0.6 is 39.1 Å². The number of aromatic nitrogens is 3. The molecule has 112 valence electrons. The van der Waals surface area contributed by atoms with E-state index >= 15 is 0 Å². The third-order valence-corrected chi connectivity index (χ3v) is 4.37. The van der Waals surface area contributed by atoms with Gasteiger partial charge in [0.25, 0.3) is 0 Å². The van der Waals surface area contributed by atoms with E-state index in [1.807, 2.05) is 6.07 Å². The number of ether oxygens (including phenoxy) is 2. The average Bonchev–Trinajstić information content (AvgIpc) is 3.09. The van der Waals surface area contributed by atoms with Crippen LogP contribution in [-0.4, -0.2) is 33.0 Å². The van der Waals surface area contributed by atoms with Crippen LogP contribution in [0.25, 0.3) is 0 Å². The molecule has 3 rings (SSSR count). The molecule has 0 N–H and O–H groups in total. The highest BCUT2D eigenvalue weighted by molar-refractivity contribution is 9.09. The van der Waals surface area contributed by atoms with Gasteiger partial charge in [0, 0.05) is 15.6 Å². The summed E-state index contributed by atoms with van der Waals surface area (Å²) in [6, 6.07) is 5.35. The van der Waals surface area contributed by atoms with Crippen LogP contribution in [0.1, 0.15) is 5.56 Å². The number of hydrogen-bond acceptors (Lipinski definition) is 4. The van der Waals surface area contributed by atoms with Crippen molar-refractivity contribution in [1.82, 2.24) is 14.8 Å². The largest absolute Gasteiger partial charge is 0.348 e. The van der Waals surface area contributed by atoms with E-state index in [4.69, 9.17) is 32.7 Å². The zero-order valence-electron chi connectivity index (χ0n) is 10.9. The summed E-state index contributed by atoms with van der Waals surface area (Å²) >= 11 is 15.7. The molecule has 0 spiro atoms. The van der Waals surface area contributed by atoms with Gasteiger partial charge in [0.15, 0.2) is 6.29 Å². The quantitative estimate of drug-likeness (QED) is 0.749. The van der Waals surface area contributed by atoms with Gasteiger partial charge in [-0.25, -0.2) is 9.67 Å². The van der Waals surface area contributed by atoms with Crippen molar-refractivity contribution in [1.29, 1.82) is 0 Å². The van der Waals surface area contributed by atoms with Crippen LogP contribution in [0, 0.1) is 0 Å². The van der Waals surface area contributed by atoms with Gasteiger partial charge < -0.3 is 9.47 Å². The molecule has 2 unspecified atom stereocenters. The second-order valence-corrected chi connectivity index (χ2v) is 6.22. The number of hydrogen-bond donors (Lipinski definition) is 0. The highest BCUT2D eigenvalue weighted by Crippen LogP contribution is 2.40. The lowest BCUT2D eigenvalue weighted by Gasteiger charge is -2.28. The molecule has 0 saturated carbocycles. The third-order valence-electron chi connectivity index (χ3n) is 3.29. The molecule has 0 radical (unpaired) electrons. The van der Waals surface area contributed by atoms with Crippen LogP contribution in [0.3, 0.4) is 0 Å². The Kier molecular flexibility index (Phi) is 4.51. The van der Waals surface area contributed by atoms with Crippen molar-refractivity contribution in [2.24, 2.45) is 0 Å². The fourth-order valence-electron chi connectivity index (χ4n) is 2.37. The number of halogens is 3. The minimum absolute atomic E-state index is 0.333. The molecular formula is C13H12BrCl2N3O2. The first-order valence-corrected chi connectivity index (χ1v) is 8.14. The van der Waals surface area contributed by atoms with E-state index in [-0.39, 0.29) is 6.29 Å². The number of nitrogens with zero attached hydrogens (tertiary/aromatic N) is 3. The molecule has 5 nitrogen and oxygen atoms in total. The minimum Gasteiger partial charge on any atom is -0.348 e. The van der Waals surface area contributed by atoms with Gasteiger partial charge in [-0.1, -0.05) is 45.2 Å². The Bertz CT molecular complexity index is 626. The maximum absolute atomic E-state index is 6.35. The maximum atomic E-state index is 6.35. The molecular weight excluding hydrogens is 381 g/mol.